The molecule has 0 bridgehead atoms. The third kappa shape index (κ3) is 6.96. The predicted molar refractivity (Wildman–Crippen MR) is 164 cm³/mol. The molecule has 3 aromatic rings. The van der Waals surface area contributed by atoms with Crippen molar-refractivity contribution in [1.82, 2.24) is 4.90 Å². The molecule has 0 atom stereocenters. The minimum atomic E-state index is -0.0167. The van der Waals surface area contributed by atoms with Gasteiger partial charge in [-0.05, 0) is 83.2 Å². The van der Waals surface area contributed by atoms with Crippen molar-refractivity contribution in [2.45, 2.75) is 67.0 Å². The van der Waals surface area contributed by atoms with Crippen LogP contribution in [0, 0.1) is 5.92 Å². The molecule has 1 aliphatic rings. The molecule has 0 radical (unpaired) electrons. The van der Waals surface area contributed by atoms with Gasteiger partial charge in [-0.3, -0.25) is 9.69 Å². The molecular weight excluding hydrogens is 478 g/mol. The van der Waals surface area contributed by atoms with E-state index in [0.29, 0.717) is 24.0 Å². The number of benzene rings is 3. The summed E-state index contributed by atoms with van der Waals surface area (Å²) in [5, 5.41) is 0. The zero-order valence-electron chi connectivity index (χ0n) is 24.5. The van der Waals surface area contributed by atoms with Gasteiger partial charge in [-0.2, -0.15) is 0 Å². The predicted octanol–water partition coefficient (Wildman–Crippen LogP) is 8.48. The van der Waals surface area contributed by atoms with Crippen LogP contribution in [0.2, 0.25) is 0 Å². The highest BCUT2D eigenvalue weighted by atomic mass is 16.5. The topological polar surface area (TPSA) is 29.5 Å². The maximum absolute atomic E-state index is 12.7. The Balaban J connectivity index is 1.78. The molecule has 0 unspecified atom stereocenters. The first-order chi connectivity index (χ1) is 18.6. The van der Waals surface area contributed by atoms with Gasteiger partial charge in [-0.25, -0.2) is 0 Å². The normalized spacial score (nSPS) is 14.3. The van der Waals surface area contributed by atoms with Crippen molar-refractivity contribution < 1.29 is 9.53 Å². The van der Waals surface area contributed by atoms with Gasteiger partial charge in [0.1, 0.15) is 12.4 Å². The smallest absolute Gasteiger partial charge is 0.159 e. The minimum absolute atomic E-state index is 0.0167. The number of carbonyl (C=O) groups excluding carboxylic acids is 1. The molecule has 0 aliphatic carbocycles. The second-order valence-corrected chi connectivity index (χ2v) is 11.6. The van der Waals surface area contributed by atoms with E-state index in [9.17, 15) is 4.79 Å². The van der Waals surface area contributed by atoms with Crippen LogP contribution in [0.15, 0.2) is 78.9 Å². The quantitative estimate of drug-likeness (QED) is 0.152. The van der Waals surface area contributed by atoms with Crippen LogP contribution in [0.3, 0.4) is 0 Å². The van der Waals surface area contributed by atoms with E-state index in [-0.39, 0.29) is 5.78 Å². The van der Waals surface area contributed by atoms with E-state index in [2.05, 4.69) is 94.6 Å². The SMILES string of the molecule is C=C(C(C)=O)/C(=C(\C)c1cc(C(C)C)ccc1OCc1ccccc1)c1ccc2c(c1)CCN(CC(C)C)C2. The standard InChI is InChI=1S/C36H43NO2/c1-24(2)21-37-18-17-31-19-32(13-14-33(31)22-37)36(26(5)28(7)38)27(6)34-20-30(25(3)4)15-16-35(34)39-23-29-11-9-8-10-12-29/h8-16,19-20,24-25H,5,17-18,21-23H2,1-4,6-7H3/b36-27-. The Morgan fingerprint density at radius 3 is 2.36 bits per heavy atom. The average molecular weight is 522 g/mol. The first-order valence-corrected chi connectivity index (χ1v) is 14.2. The number of carbonyl (C=O) groups is 1. The van der Waals surface area contributed by atoms with Crippen LogP contribution in [-0.4, -0.2) is 23.8 Å². The number of rotatable bonds is 10. The van der Waals surface area contributed by atoms with E-state index in [1.54, 1.807) is 6.92 Å². The van der Waals surface area contributed by atoms with Gasteiger partial charge in [0.15, 0.2) is 5.78 Å². The van der Waals surface area contributed by atoms with Gasteiger partial charge in [0.25, 0.3) is 0 Å². The van der Waals surface area contributed by atoms with Crippen molar-refractivity contribution in [3.05, 3.63) is 112 Å². The van der Waals surface area contributed by atoms with Crippen LogP contribution < -0.4 is 4.74 Å². The third-order valence-electron chi connectivity index (χ3n) is 7.62. The minimum Gasteiger partial charge on any atom is -0.488 e. The van der Waals surface area contributed by atoms with Crippen molar-refractivity contribution in [2.75, 3.05) is 13.1 Å². The van der Waals surface area contributed by atoms with E-state index in [1.165, 1.54) is 16.7 Å². The highest BCUT2D eigenvalue weighted by Crippen LogP contribution is 2.38. The zero-order chi connectivity index (χ0) is 28.1. The summed E-state index contributed by atoms with van der Waals surface area (Å²) in [5.74, 6) is 1.83. The van der Waals surface area contributed by atoms with Gasteiger partial charge >= 0.3 is 0 Å². The molecule has 0 saturated heterocycles. The number of hydrogen-bond donors (Lipinski definition) is 0. The monoisotopic (exact) mass is 521 g/mol. The van der Waals surface area contributed by atoms with Crippen LogP contribution in [0.5, 0.6) is 5.75 Å². The van der Waals surface area contributed by atoms with Crippen molar-refractivity contribution in [1.29, 1.82) is 0 Å². The average Bonchev–Trinajstić information content (AvgIpc) is 2.92. The second kappa shape index (κ2) is 12.6. The molecule has 0 amide bonds. The van der Waals surface area contributed by atoms with E-state index in [1.807, 2.05) is 18.2 Å². The number of nitrogens with zero attached hydrogens (tertiary/aromatic N) is 1. The molecule has 0 aromatic heterocycles. The maximum atomic E-state index is 12.7. The molecule has 0 spiro atoms. The second-order valence-electron chi connectivity index (χ2n) is 11.6. The van der Waals surface area contributed by atoms with Crippen LogP contribution in [0.1, 0.15) is 80.8 Å². The van der Waals surface area contributed by atoms with Crippen LogP contribution in [-0.2, 0) is 24.4 Å². The number of allylic oxidation sites excluding steroid dienone is 3. The first kappa shape index (κ1) is 28.6. The summed E-state index contributed by atoms with van der Waals surface area (Å²) >= 11 is 0. The van der Waals surface area contributed by atoms with Gasteiger partial charge in [-0.15, -0.1) is 0 Å². The van der Waals surface area contributed by atoms with Crippen LogP contribution in [0.25, 0.3) is 11.1 Å². The number of ketones is 1. The molecule has 3 aromatic carbocycles. The summed E-state index contributed by atoms with van der Waals surface area (Å²) in [6, 6.07) is 23.3. The fraction of sp³-hybridized carbons (Fsp3) is 0.361. The number of fused-ring (bicyclic) bond motifs is 1. The molecule has 1 aliphatic heterocycles. The lowest BCUT2D eigenvalue weighted by Gasteiger charge is -2.30. The van der Waals surface area contributed by atoms with E-state index >= 15 is 0 Å². The Kier molecular flexibility index (Phi) is 9.24. The van der Waals surface area contributed by atoms with Crippen LogP contribution in [0.4, 0.5) is 0 Å². The maximum Gasteiger partial charge on any atom is 0.159 e. The summed E-state index contributed by atoms with van der Waals surface area (Å²) in [7, 11) is 0. The lowest BCUT2D eigenvalue weighted by molar-refractivity contribution is -0.113. The molecule has 0 fully saturated rings. The Labute approximate surface area is 235 Å². The van der Waals surface area contributed by atoms with E-state index in [4.69, 9.17) is 4.74 Å². The van der Waals surface area contributed by atoms with E-state index in [0.717, 1.165) is 59.6 Å². The largest absolute Gasteiger partial charge is 0.488 e. The third-order valence-corrected chi connectivity index (χ3v) is 7.62. The van der Waals surface area contributed by atoms with Crippen molar-refractivity contribution in [2.24, 2.45) is 5.92 Å². The lowest BCUT2D eigenvalue weighted by atomic mass is 9.85. The molecule has 0 saturated carbocycles. The molecule has 204 valence electrons. The number of ether oxygens (including phenoxy) is 1. The lowest BCUT2D eigenvalue weighted by Crippen LogP contribution is -2.33. The van der Waals surface area contributed by atoms with Gasteiger partial charge in [0, 0.05) is 30.8 Å². The summed E-state index contributed by atoms with van der Waals surface area (Å²) in [6.45, 7) is 20.6. The Hall–Kier alpha value is -3.43. The number of Topliss-reactive ketones (excluding diaryl/α,β-unsaturated/α-hetero) is 1. The van der Waals surface area contributed by atoms with E-state index < -0.39 is 0 Å². The summed E-state index contributed by atoms with van der Waals surface area (Å²) in [6.07, 6.45) is 1.02. The Bertz CT molecular complexity index is 1360. The Morgan fingerprint density at radius 1 is 0.949 bits per heavy atom. The number of hydrogen-bond acceptors (Lipinski definition) is 3. The highest BCUT2D eigenvalue weighted by Gasteiger charge is 2.22. The van der Waals surface area contributed by atoms with Crippen molar-refractivity contribution in [3.8, 4) is 5.75 Å². The van der Waals surface area contributed by atoms with Gasteiger partial charge < -0.3 is 4.74 Å². The van der Waals surface area contributed by atoms with Crippen molar-refractivity contribution in [3.63, 3.8) is 0 Å². The molecule has 39 heavy (non-hydrogen) atoms. The molecule has 3 heteroatoms. The summed E-state index contributed by atoms with van der Waals surface area (Å²) in [5.41, 5.74) is 9.61. The van der Waals surface area contributed by atoms with Gasteiger partial charge in [0.2, 0.25) is 0 Å². The van der Waals surface area contributed by atoms with Gasteiger partial charge in [-0.1, -0.05) is 88.9 Å². The molecule has 0 N–H and O–H groups in total. The summed E-state index contributed by atoms with van der Waals surface area (Å²) in [4.78, 5) is 15.3. The molecule has 3 nitrogen and oxygen atoms in total. The molecule has 4 rings (SSSR count). The first-order valence-electron chi connectivity index (χ1n) is 14.2. The van der Waals surface area contributed by atoms with Crippen molar-refractivity contribution >= 4 is 16.9 Å². The Morgan fingerprint density at radius 2 is 1.69 bits per heavy atom. The van der Waals surface area contributed by atoms with Crippen LogP contribution >= 0.6 is 0 Å². The highest BCUT2D eigenvalue weighted by molar-refractivity contribution is 6.14. The molecular formula is C36H43NO2. The molecule has 1 heterocycles. The summed E-state index contributed by atoms with van der Waals surface area (Å²) < 4.78 is 6.38. The fourth-order valence-corrected chi connectivity index (χ4v) is 5.43. The fourth-order valence-electron chi connectivity index (χ4n) is 5.43. The zero-order valence-corrected chi connectivity index (χ0v) is 24.5. The van der Waals surface area contributed by atoms with Gasteiger partial charge in [0.05, 0.1) is 0 Å².